The Morgan fingerprint density at radius 1 is 1.36 bits per heavy atom. The van der Waals surface area contributed by atoms with Crippen LogP contribution < -0.4 is 5.32 Å². The van der Waals surface area contributed by atoms with Crippen LogP contribution in [0, 0.1) is 11.8 Å². The van der Waals surface area contributed by atoms with Gasteiger partial charge in [0.25, 0.3) is 0 Å². The van der Waals surface area contributed by atoms with Crippen molar-refractivity contribution in [3.63, 3.8) is 0 Å². The number of hydrogen-bond acceptors (Lipinski definition) is 2. The van der Waals surface area contributed by atoms with E-state index in [1.807, 2.05) is 0 Å². The van der Waals surface area contributed by atoms with E-state index in [4.69, 9.17) is 4.74 Å². The highest BCUT2D eigenvalue weighted by molar-refractivity contribution is 4.87. The Kier molecular flexibility index (Phi) is 2.14. The van der Waals surface area contributed by atoms with Gasteiger partial charge in [-0.1, -0.05) is 6.92 Å². The van der Waals surface area contributed by atoms with Crippen molar-refractivity contribution in [3.05, 3.63) is 0 Å². The van der Waals surface area contributed by atoms with Gasteiger partial charge < -0.3 is 10.1 Å². The molecule has 1 N–H and O–H groups in total. The fraction of sp³-hybridized carbons (Fsp3) is 1.00. The molecule has 0 spiro atoms. The summed E-state index contributed by atoms with van der Waals surface area (Å²) in [5.74, 6) is 1.52. The summed E-state index contributed by atoms with van der Waals surface area (Å²) in [5.41, 5.74) is 0. The lowest BCUT2D eigenvalue weighted by Gasteiger charge is -2.40. The van der Waals surface area contributed by atoms with Gasteiger partial charge in [0.05, 0.1) is 13.2 Å². The first-order valence-corrected chi connectivity index (χ1v) is 4.69. The highest BCUT2D eigenvalue weighted by atomic mass is 16.5. The predicted molar refractivity (Wildman–Crippen MR) is 44.5 cm³/mol. The molecule has 11 heavy (non-hydrogen) atoms. The molecule has 0 aromatic heterocycles. The smallest absolute Gasteiger partial charge is 0.0509 e. The van der Waals surface area contributed by atoms with Gasteiger partial charge in [0, 0.05) is 6.04 Å². The standard InChI is InChI=1S/C9H17NO/c1-7-5-11-6-8-3-2-4-10-9(7)8/h7-10H,2-6H2,1H3. The molecule has 2 rings (SSSR count). The van der Waals surface area contributed by atoms with Crippen molar-refractivity contribution in [3.8, 4) is 0 Å². The summed E-state index contributed by atoms with van der Waals surface area (Å²) >= 11 is 0. The lowest BCUT2D eigenvalue weighted by atomic mass is 9.82. The van der Waals surface area contributed by atoms with Crippen molar-refractivity contribution in [2.24, 2.45) is 11.8 Å². The molecule has 2 fully saturated rings. The Bertz CT molecular complexity index is 136. The molecule has 2 heteroatoms. The van der Waals surface area contributed by atoms with E-state index in [0.717, 1.165) is 25.2 Å². The average molecular weight is 155 g/mol. The molecule has 2 aliphatic heterocycles. The third-order valence-corrected chi connectivity index (χ3v) is 2.97. The summed E-state index contributed by atoms with van der Waals surface area (Å²) in [5, 5.41) is 3.59. The number of fused-ring (bicyclic) bond motifs is 1. The van der Waals surface area contributed by atoms with E-state index >= 15 is 0 Å². The van der Waals surface area contributed by atoms with Crippen molar-refractivity contribution in [1.29, 1.82) is 0 Å². The number of rotatable bonds is 0. The molecule has 0 radical (unpaired) electrons. The van der Waals surface area contributed by atoms with Crippen LogP contribution in [0.25, 0.3) is 0 Å². The third kappa shape index (κ3) is 1.42. The van der Waals surface area contributed by atoms with Crippen LogP contribution in [-0.2, 0) is 4.74 Å². The van der Waals surface area contributed by atoms with Crippen LogP contribution in [0.3, 0.4) is 0 Å². The SMILES string of the molecule is CC1COCC2CCCNC12. The minimum Gasteiger partial charge on any atom is -0.381 e. The van der Waals surface area contributed by atoms with E-state index < -0.39 is 0 Å². The highest BCUT2D eigenvalue weighted by Gasteiger charge is 2.32. The molecule has 3 unspecified atom stereocenters. The topological polar surface area (TPSA) is 21.3 Å². The molecule has 0 bridgehead atoms. The van der Waals surface area contributed by atoms with Crippen LogP contribution in [0.15, 0.2) is 0 Å². The van der Waals surface area contributed by atoms with Crippen LogP contribution in [0.2, 0.25) is 0 Å². The van der Waals surface area contributed by atoms with Gasteiger partial charge in [0.1, 0.15) is 0 Å². The zero-order chi connectivity index (χ0) is 7.68. The van der Waals surface area contributed by atoms with E-state index in [0.29, 0.717) is 5.92 Å². The molecule has 2 aliphatic rings. The highest BCUT2D eigenvalue weighted by Crippen LogP contribution is 2.26. The largest absolute Gasteiger partial charge is 0.381 e. The molecule has 0 saturated carbocycles. The average Bonchev–Trinajstić information content (AvgIpc) is 2.06. The second-order valence-electron chi connectivity index (χ2n) is 3.90. The maximum atomic E-state index is 5.51. The zero-order valence-electron chi connectivity index (χ0n) is 7.18. The number of piperidine rings is 1. The molecule has 0 aromatic rings. The first kappa shape index (κ1) is 7.56. The van der Waals surface area contributed by atoms with Gasteiger partial charge in [-0.2, -0.15) is 0 Å². The summed E-state index contributed by atoms with van der Waals surface area (Å²) < 4.78 is 5.51. The lowest BCUT2D eigenvalue weighted by Crippen LogP contribution is -2.51. The van der Waals surface area contributed by atoms with Crippen molar-refractivity contribution in [1.82, 2.24) is 5.32 Å². The van der Waals surface area contributed by atoms with Gasteiger partial charge in [-0.25, -0.2) is 0 Å². The van der Waals surface area contributed by atoms with Crippen molar-refractivity contribution < 1.29 is 4.74 Å². The van der Waals surface area contributed by atoms with Crippen LogP contribution in [0.1, 0.15) is 19.8 Å². The molecular formula is C9H17NO. The summed E-state index contributed by atoms with van der Waals surface area (Å²) in [4.78, 5) is 0. The Balaban J connectivity index is 1.99. The fourth-order valence-electron chi connectivity index (χ4n) is 2.34. The Labute approximate surface area is 68.3 Å². The van der Waals surface area contributed by atoms with Crippen LogP contribution >= 0.6 is 0 Å². The van der Waals surface area contributed by atoms with E-state index in [-0.39, 0.29) is 0 Å². The number of hydrogen-bond donors (Lipinski definition) is 1. The predicted octanol–water partition coefficient (Wildman–Crippen LogP) is 1.02. The molecule has 2 heterocycles. The molecule has 0 amide bonds. The number of nitrogens with one attached hydrogen (secondary N) is 1. The van der Waals surface area contributed by atoms with Crippen LogP contribution in [-0.4, -0.2) is 25.8 Å². The van der Waals surface area contributed by atoms with E-state index in [9.17, 15) is 0 Å². The maximum Gasteiger partial charge on any atom is 0.0509 e. The van der Waals surface area contributed by atoms with Crippen LogP contribution in [0.4, 0.5) is 0 Å². The normalized spacial score (nSPS) is 45.0. The fourth-order valence-corrected chi connectivity index (χ4v) is 2.34. The van der Waals surface area contributed by atoms with E-state index in [2.05, 4.69) is 12.2 Å². The van der Waals surface area contributed by atoms with Gasteiger partial charge in [-0.05, 0) is 31.2 Å². The molecule has 2 saturated heterocycles. The Morgan fingerprint density at radius 2 is 2.27 bits per heavy atom. The Hall–Kier alpha value is -0.0800. The second kappa shape index (κ2) is 3.11. The number of ether oxygens (including phenoxy) is 1. The lowest BCUT2D eigenvalue weighted by molar-refractivity contribution is -0.0168. The van der Waals surface area contributed by atoms with Crippen molar-refractivity contribution in [2.45, 2.75) is 25.8 Å². The van der Waals surface area contributed by atoms with Gasteiger partial charge in [-0.3, -0.25) is 0 Å². The van der Waals surface area contributed by atoms with Gasteiger partial charge in [0.2, 0.25) is 0 Å². The molecule has 0 aliphatic carbocycles. The van der Waals surface area contributed by atoms with Gasteiger partial charge in [-0.15, -0.1) is 0 Å². The van der Waals surface area contributed by atoms with Gasteiger partial charge in [0.15, 0.2) is 0 Å². The summed E-state index contributed by atoms with van der Waals surface area (Å²) in [6.07, 6.45) is 2.69. The molecule has 3 atom stereocenters. The summed E-state index contributed by atoms with van der Waals surface area (Å²) in [7, 11) is 0. The molecular weight excluding hydrogens is 138 g/mol. The van der Waals surface area contributed by atoms with Crippen molar-refractivity contribution in [2.75, 3.05) is 19.8 Å². The van der Waals surface area contributed by atoms with E-state index in [1.54, 1.807) is 0 Å². The zero-order valence-corrected chi connectivity index (χ0v) is 7.18. The molecule has 2 nitrogen and oxygen atoms in total. The molecule has 64 valence electrons. The van der Waals surface area contributed by atoms with Gasteiger partial charge >= 0.3 is 0 Å². The summed E-state index contributed by atoms with van der Waals surface area (Å²) in [6, 6.07) is 0.748. The second-order valence-corrected chi connectivity index (χ2v) is 3.90. The van der Waals surface area contributed by atoms with E-state index in [1.165, 1.54) is 19.4 Å². The first-order chi connectivity index (χ1) is 5.38. The van der Waals surface area contributed by atoms with Crippen LogP contribution in [0.5, 0.6) is 0 Å². The first-order valence-electron chi connectivity index (χ1n) is 4.69. The summed E-state index contributed by atoms with van der Waals surface area (Å²) in [6.45, 7) is 5.44. The Morgan fingerprint density at radius 3 is 3.09 bits per heavy atom. The monoisotopic (exact) mass is 155 g/mol. The van der Waals surface area contributed by atoms with Crippen molar-refractivity contribution >= 4 is 0 Å². The third-order valence-electron chi connectivity index (χ3n) is 2.97. The quantitative estimate of drug-likeness (QED) is 0.564. The maximum absolute atomic E-state index is 5.51. The molecule has 0 aromatic carbocycles. The minimum absolute atomic E-state index is 0.717. The minimum atomic E-state index is 0.717.